The Morgan fingerprint density at radius 3 is 2.19 bits per heavy atom. The maximum absolute atomic E-state index is 11.2. The third-order valence-electron chi connectivity index (χ3n) is 2.99. The van der Waals surface area contributed by atoms with E-state index in [2.05, 4.69) is 17.1 Å². The molecular weight excluding hydrogens is 351 g/mol. The van der Waals surface area contributed by atoms with Gasteiger partial charge >= 0.3 is 129 Å². The Morgan fingerprint density at radius 2 is 1.57 bits per heavy atom. The molecular formula is C15H12N2O2SSe. The van der Waals surface area contributed by atoms with Crippen molar-refractivity contribution in [2.45, 2.75) is 4.90 Å². The van der Waals surface area contributed by atoms with Crippen LogP contribution in [0.4, 0.5) is 0 Å². The summed E-state index contributed by atoms with van der Waals surface area (Å²) in [6, 6.07) is 16.7. The van der Waals surface area contributed by atoms with Crippen LogP contribution in [0.25, 0.3) is 20.1 Å². The topological polar surface area (TPSA) is 73.1 Å². The fourth-order valence-corrected chi connectivity index (χ4v) is 4.39. The molecule has 0 saturated heterocycles. The van der Waals surface area contributed by atoms with Crippen molar-refractivity contribution in [3.63, 3.8) is 0 Å². The van der Waals surface area contributed by atoms with Crippen molar-refractivity contribution >= 4 is 24.5 Å². The molecule has 0 unspecified atom stereocenters. The molecule has 1 aromatic heterocycles. The molecule has 0 saturated carbocycles. The predicted molar refractivity (Wildman–Crippen MR) is 83.4 cm³/mol. The first-order valence-corrected chi connectivity index (χ1v) is 9.44. The minimum atomic E-state index is -3.64. The average molecular weight is 363 g/mol. The number of hydrogen-bond acceptors (Lipinski definition) is 3. The zero-order valence-electron chi connectivity index (χ0n) is 10.9. The number of primary sulfonamides is 1. The zero-order valence-corrected chi connectivity index (χ0v) is 13.5. The van der Waals surface area contributed by atoms with E-state index in [9.17, 15) is 8.42 Å². The van der Waals surface area contributed by atoms with Crippen LogP contribution in [0.15, 0.2) is 65.7 Å². The van der Waals surface area contributed by atoms with Crippen LogP contribution in [-0.4, -0.2) is 27.9 Å². The quantitative estimate of drug-likeness (QED) is 0.725. The van der Waals surface area contributed by atoms with Gasteiger partial charge in [0.2, 0.25) is 0 Å². The first-order chi connectivity index (χ1) is 10.0. The molecule has 2 aromatic carbocycles. The first kappa shape index (κ1) is 14.2. The third kappa shape index (κ3) is 3.14. The van der Waals surface area contributed by atoms with Crippen molar-refractivity contribution in [3.05, 3.63) is 60.8 Å². The van der Waals surface area contributed by atoms with E-state index in [0.29, 0.717) is 0 Å². The van der Waals surface area contributed by atoms with Gasteiger partial charge in [-0.25, -0.2) is 0 Å². The molecule has 0 fully saturated rings. The number of sulfonamides is 1. The maximum atomic E-state index is 11.2. The fraction of sp³-hybridized carbons (Fsp3) is 0. The summed E-state index contributed by atoms with van der Waals surface area (Å²) in [4.78, 5) is 4.58. The number of nitrogens with zero attached hydrogens (tertiary/aromatic N) is 1. The predicted octanol–water partition coefficient (Wildman–Crippen LogP) is 2.12. The van der Waals surface area contributed by atoms with Crippen molar-refractivity contribution in [1.82, 2.24) is 4.98 Å². The Balaban J connectivity index is 1.94. The standard InChI is InChI=1S/C15H12N2O2SSe/c16-20(18,19)13-8-6-12(7-9-13)15-17-10-14(21-15)11-4-2-1-3-5-11/h1-10H,(H2,16,18,19). The number of nitrogens with two attached hydrogens (primary N) is 1. The van der Waals surface area contributed by atoms with E-state index in [-0.39, 0.29) is 19.4 Å². The molecule has 21 heavy (non-hydrogen) atoms. The Bertz CT molecular complexity index is 856. The molecule has 6 heteroatoms. The van der Waals surface area contributed by atoms with Crippen LogP contribution < -0.4 is 5.14 Å². The summed E-state index contributed by atoms with van der Waals surface area (Å²) in [5.74, 6) is 0. The summed E-state index contributed by atoms with van der Waals surface area (Å²) < 4.78 is 24.7. The molecule has 0 radical (unpaired) electrons. The van der Waals surface area contributed by atoms with Crippen molar-refractivity contribution in [2.75, 3.05) is 0 Å². The fourth-order valence-electron chi connectivity index (χ4n) is 1.93. The molecule has 0 spiro atoms. The van der Waals surface area contributed by atoms with E-state index in [4.69, 9.17) is 5.14 Å². The van der Waals surface area contributed by atoms with Crippen LogP contribution in [0, 0.1) is 0 Å². The van der Waals surface area contributed by atoms with Crippen LogP contribution in [0.1, 0.15) is 0 Å². The molecule has 0 bridgehead atoms. The van der Waals surface area contributed by atoms with E-state index in [1.165, 1.54) is 22.1 Å². The van der Waals surface area contributed by atoms with Crippen molar-refractivity contribution < 1.29 is 8.42 Å². The van der Waals surface area contributed by atoms with Gasteiger partial charge in [-0.2, -0.15) is 0 Å². The van der Waals surface area contributed by atoms with E-state index in [1.54, 1.807) is 12.1 Å². The van der Waals surface area contributed by atoms with Crippen LogP contribution in [0.5, 0.6) is 0 Å². The molecule has 4 nitrogen and oxygen atoms in total. The van der Waals surface area contributed by atoms with Crippen LogP contribution >= 0.6 is 0 Å². The van der Waals surface area contributed by atoms with E-state index in [0.717, 1.165) is 10.1 Å². The van der Waals surface area contributed by atoms with Gasteiger partial charge in [-0.3, -0.25) is 0 Å². The van der Waals surface area contributed by atoms with Gasteiger partial charge < -0.3 is 0 Å². The first-order valence-electron chi connectivity index (χ1n) is 6.18. The molecule has 3 rings (SSSR count). The number of aromatic nitrogens is 1. The summed E-state index contributed by atoms with van der Waals surface area (Å²) in [6.07, 6.45) is 1.89. The van der Waals surface area contributed by atoms with E-state index in [1.807, 2.05) is 24.4 Å². The van der Waals surface area contributed by atoms with E-state index >= 15 is 0 Å². The molecule has 1 heterocycles. The third-order valence-corrected chi connectivity index (χ3v) is 6.22. The average Bonchev–Trinajstić information content (AvgIpc) is 2.97. The van der Waals surface area contributed by atoms with Gasteiger partial charge in [-0.05, 0) is 0 Å². The second-order valence-corrected chi connectivity index (χ2v) is 8.19. The normalized spacial score (nSPS) is 11.5. The summed E-state index contributed by atoms with van der Waals surface area (Å²) in [7, 11) is -3.64. The van der Waals surface area contributed by atoms with Crippen LogP contribution in [0.2, 0.25) is 0 Å². The second kappa shape index (κ2) is 5.58. The SMILES string of the molecule is NS(=O)(=O)c1ccc(-c2ncc(-c3ccccc3)[se]2)cc1. The van der Waals surface area contributed by atoms with Crippen molar-refractivity contribution in [3.8, 4) is 20.1 Å². The monoisotopic (exact) mass is 364 g/mol. The molecule has 3 aromatic rings. The van der Waals surface area contributed by atoms with Gasteiger partial charge in [0, 0.05) is 0 Å². The van der Waals surface area contributed by atoms with Crippen LogP contribution in [-0.2, 0) is 10.0 Å². The minimum absolute atomic E-state index is 0.116. The Hall–Kier alpha value is -1.72. The van der Waals surface area contributed by atoms with E-state index < -0.39 is 10.0 Å². The zero-order chi connectivity index (χ0) is 14.9. The molecule has 2 N–H and O–H groups in total. The second-order valence-electron chi connectivity index (χ2n) is 4.47. The number of hydrogen-bond donors (Lipinski definition) is 1. The summed E-state index contributed by atoms with van der Waals surface area (Å²) >= 11 is 0.116. The number of rotatable bonds is 3. The molecule has 0 atom stereocenters. The summed E-state index contributed by atoms with van der Waals surface area (Å²) in [5.41, 5.74) is 2.11. The molecule has 0 amide bonds. The Labute approximate surface area is 129 Å². The molecule has 0 aliphatic rings. The Kier molecular flexibility index (Phi) is 3.78. The van der Waals surface area contributed by atoms with Gasteiger partial charge in [-0.15, -0.1) is 0 Å². The molecule has 106 valence electrons. The van der Waals surface area contributed by atoms with Gasteiger partial charge in [-0.1, -0.05) is 0 Å². The van der Waals surface area contributed by atoms with Crippen LogP contribution in [0.3, 0.4) is 0 Å². The van der Waals surface area contributed by atoms with Gasteiger partial charge in [0.1, 0.15) is 0 Å². The summed E-state index contributed by atoms with van der Waals surface area (Å²) in [5, 5.41) is 5.09. The Morgan fingerprint density at radius 1 is 0.905 bits per heavy atom. The molecule has 0 aliphatic heterocycles. The van der Waals surface area contributed by atoms with Crippen molar-refractivity contribution in [2.24, 2.45) is 5.14 Å². The van der Waals surface area contributed by atoms with Crippen molar-refractivity contribution in [1.29, 1.82) is 0 Å². The van der Waals surface area contributed by atoms with Gasteiger partial charge in [0.25, 0.3) is 0 Å². The summed E-state index contributed by atoms with van der Waals surface area (Å²) in [6.45, 7) is 0. The molecule has 0 aliphatic carbocycles. The van der Waals surface area contributed by atoms with Gasteiger partial charge in [0.15, 0.2) is 0 Å². The van der Waals surface area contributed by atoms with Gasteiger partial charge in [0.05, 0.1) is 0 Å². The number of benzene rings is 2.